The zero-order valence-electron chi connectivity index (χ0n) is 14.2. The largest absolute Gasteiger partial charge is 0.374 e. The Morgan fingerprint density at radius 2 is 2.00 bits per heavy atom. The van der Waals surface area contributed by atoms with Crippen LogP contribution >= 0.6 is 0 Å². The molecule has 1 fully saturated rings. The van der Waals surface area contributed by atoms with Gasteiger partial charge in [-0.1, -0.05) is 27.7 Å². The highest BCUT2D eigenvalue weighted by molar-refractivity contribution is 4.75. The van der Waals surface area contributed by atoms with Crippen LogP contribution in [-0.4, -0.2) is 75.4 Å². The fraction of sp³-hybridized carbons (Fsp3) is 1.00. The Morgan fingerprint density at radius 3 is 2.65 bits per heavy atom. The van der Waals surface area contributed by atoms with E-state index in [1.54, 1.807) is 0 Å². The van der Waals surface area contributed by atoms with Crippen LogP contribution in [0.5, 0.6) is 0 Å². The van der Waals surface area contributed by atoms with Gasteiger partial charge in [0.15, 0.2) is 0 Å². The topological polar surface area (TPSA) is 27.7 Å². The third-order valence-corrected chi connectivity index (χ3v) is 3.57. The van der Waals surface area contributed by atoms with E-state index in [2.05, 4.69) is 49.9 Å². The van der Waals surface area contributed by atoms with Crippen LogP contribution in [0.3, 0.4) is 0 Å². The van der Waals surface area contributed by atoms with Gasteiger partial charge < -0.3 is 15.0 Å². The number of likely N-dealkylation sites (N-methyl/N-ethyl adjacent to an activating group) is 1. The molecule has 0 aromatic carbocycles. The number of rotatable bonds is 9. The summed E-state index contributed by atoms with van der Waals surface area (Å²) in [7, 11) is 2.20. The molecule has 20 heavy (non-hydrogen) atoms. The SMILES string of the molecule is CC(C)CNCCN1CCO[C@@H](CN(C)CC(C)C)C1. The molecule has 1 saturated heterocycles. The van der Waals surface area contributed by atoms with E-state index in [4.69, 9.17) is 4.74 Å². The lowest BCUT2D eigenvalue weighted by atomic mass is 10.2. The van der Waals surface area contributed by atoms with E-state index in [0.717, 1.165) is 64.3 Å². The molecule has 0 radical (unpaired) electrons. The second-order valence-corrected chi connectivity index (χ2v) is 7.01. The van der Waals surface area contributed by atoms with Gasteiger partial charge >= 0.3 is 0 Å². The van der Waals surface area contributed by atoms with Gasteiger partial charge in [-0.2, -0.15) is 0 Å². The molecule has 0 aromatic heterocycles. The maximum Gasteiger partial charge on any atom is 0.0829 e. The highest BCUT2D eigenvalue weighted by atomic mass is 16.5. The lowest BCUT2D eigenvalue weighted by Crippen LogP contribution is -2.49. The molecule has 0 aromatic rings. The standard InChI is InChI=1S/C16H35N3O/c1-14(2)10-17-6-7-19-8-9-20-16(13-19)12-18(5)11-15(3)4/h14-17H,6-13H2,1-5H3/t16-/m0/s1. The third kappa shape index (κ3) is 8.20. The van der Waals surface area contributed by atoms with Gasteiger partial charge in [-0.25, -0.2) is 0 Å². The van der Waals surface area contributed by atoms with E-state index in [1.165, 1.54) is 0 Å². The number of nitrogens with one attached hydrogen (secondary N) is 1. The van der Waals surface area contributed by atoms with E-state index in [1.807, 2.05) is 0 Å². The van der Waals surface area contributed by atoms with Gasteiger partial charge in [-0.15, -0.1) is 0 Å². The second kappa shape index (κ2) is 9.72. The third-order valence-electron chi connectivity index (χ3n) is 3.57. The van der Waals surface area contributed by atoms with Crippen molar-refractivity contribution in [3.63, 3.8) is 0 Å². The van der Waals surface area contributed by atoms with Crippen LogP contribution in [0, 0.1) is 11.8 Å². The van der Waals surface area contributed by atoms with Gasteiger partial charge in [0.2, 0.25) is 0 Å². The number of nitrogens with zero attached hydrogens (tertiary/aromatic N) is 2. The molecule has 4 nitrogen and oxygen atoms in total. The first-order chi connectivity index (χ1) is 9.47. The molecular weight excluding hydrogens is 250 g/mol. The summed E-state index contributed by atoms with van der Waals surface area (Å²) in [6, 6.07) is 0. The Kier molecular flexibility index (Phi) is 8.69. The van der Waals surface area contributed by atoms with Crippen molar-refractivity contribution in [3.8, 4) is 0 Å². The zero-order chi connectivity index (χ0) is 15.0. The Hall–Kier alpha value is -0.160. The molecule has 0 aliphatic carbocycles. The van der Waals surface area contributed by atoms with Crippen LogP contribution < -0.4 is 5.32 Å². The zero-order valence-corrected chi connectivity index (χ0v) is 14.2. The van der Waals surface area contributed by atoms with Crippen LogP contribution in [0.4, 0.5) is 0 Å². The van der Waals surface area contributed by atoms with E-state index < -0.39 is 0 Å². The van der Waals surface area contributed by atoms with Crippen molar-refractivity contribution in [1.29, 1.82) is 0 Å². The summed E-state index contributed by atoms with van der Waals surface area (Å²) >= 11 is 0. The summed E-state index contributed by atoms with van der Waals surface area (Å²) in [6.45, 7) is 17.6. The first kappa shape index (κ1) is 17.9. The minimum atomic E-state index is 0.373. The molecule has 1 rings (SSSR count). The Bertz CT molecular complexity index is 246. The summed E-state index contributed by atoms with van der Waals surface area (Å²) in [6.07, 6.45) is 0.373. The van der Waals surface area contributed by atoms with E-state index in [0.29, 0.717) is 6.10 Å². The van der Waals surface area contributed by atoms with Gasteiger partial charge in [0.1, 0.15) is 0 Å². The highest BCUT2D eigenvalue weighted by Gasteiger charge is 2.21. The van der Waals surface area contributed by atoms with Crippen LogP contribution in [-0.2, 0) is 4.74 Å². The molecule has 0 amide bonds. The molecule has 1 aliphatic rings. The molecule has 0 spiro atoms. The molecule has 4 heteroatoms. The van der Waals surface area contributed by atoms with Crippen molar-refractivity contribution in [2.24, 2.45) is 11.8 Å². The maximum absolute atomic E-state index is 5.90. The van der Waals surface area contributed by atoms with Crippen LogP contribution in [0.1, 0.15) is 27.7 Å². The number of morpholine rings is 1. The van der Waals surface area contributed by atoms with Crippen LogP contribution in [0.25, 0.3) is 0 Å². The summed E-state index contributed by atoms with van der Waals surface area (Å²) in [5, 5.41) is 3.52. The van der Waals surface area contributed by atoms with Crippen molar-refractivity contribution >= 4 is 0 Å². The molecule has 120 valence electrons. The highest BCUT2D eigenvalue weighted by Crippen LogP contribution is 2.07. The number of ether oxygens (including phenoxy) is 1. The maximum atomic E-state index is 5.90. The minimum absolute atomic E-state index is 0.373. The lowest BCUT2D eigenvalue weighted by molar-refractivity contribution is -0.0409. The second-order valence-electron chi connectivity index (χ2n) is 7.01. The van der Waals surface area contributed by atoms with Crippen molar-refractivity contribution < 1.29 is 4.74 Å². The first-order valence-electron chi connectivity index (χ1n) is 8.20. The molecule has 1 atom stereocenters. The average molecular weight is 285 g/mol. The molecule has 1 N–H and O–H groups in total. The molecule has 1 heterocycles. The molecular formula is C16H35N3O. The smallest absolute Gasteiger partial charge is 0.0829 e. The first-order valence-corrected chi connectivity index (χ1v) is 8.20. The van der Waals surface area contributed by atoms with Crippen molar-refractivity contribution in [1.82, 2.24) is 15.1 Å². The van der Waals surface area contributed by atoms with E-state index >= 15 is 0 Å². The summed E-state index contributed by atoms with van der Waals surface area (Å²) in [5.41, 5.74) is 0. The quantitative estimate of drug-likeness (QED) is 0.650. The Labute approximate surface area is 125 Å². The Morgan fingerprint density at radius 1 is 1.25 bits per heavy atom. The van der Waals surface area contributed by atoms with Crippen LogP contribution in [0.15, 0.2) is 0 Å². The summed E-state index contributed by atoms with van der Waals surface area (Å²) < 4.78 is 5.90. The predicted molar refractivity (Wildman–Crippen MR) is 86.2 cm³/mol. The molecule has 1 aliphatic heterocycles. The average Bonchev–Trinajstić information content (AvgIpc) is 2.33. The molecule has 0 unspecified atom stereocenters. The fourth-order valence-corrected chi connectivity index (χ4v) is 2.77. The lowest BCUT2D eigenvalue weighted by Gasteiger charge is -2.35. The fourth-order valence-electron chi connectivity index (χ4n) is 2.77. The minimum Gasteiger partial charge on any atom is -0.374 e. The van der Waals surface area contributed by atoms with Gasteiger partial charge in [0, 0.05) is 39.3 Å². The monoisotopic (exact) mass is 285 g/mol. The molecule has 0 saturated carbocycles. The normalized spacial score (nSPS) is 21.3. The number of hydrogen-bond acceptors (Lipinski definition) is 4. The predicted octanol–water partition coefficient (Wildman–Crippen LogP) is 1.52. The summed E-state index contributed by atoms with van der Waals surface area (Å²) in [4.78, 5) is 4.93. The van der Waals surface area contributed by atoms with E-state index in [-0.39, 0.29) is 0 Å². The van der Waals surface area contributed by atoms with Gasteiger partial charge in [0.05, 0.1) is 12.7 Å². The van der Waals surface area contributed by atoms with Gasteiger partial charge in [-0.3, -0.25) is 4.90 Å². The van der Waals surface area contributed by atoms with Crippen molar-refractivity contribution in [3.05, 3.63) is 0 Å². The number of hydrogen-bond donors (Lipinski definition) is 1. The summed E-state index contributed by atoms with van der Waals surface area (Å²) in [5.74, 6) is 1.46. The van der Waals surface area contributed by atoms with Gasteiger partial charge in [-0.05, 0) is 25.4 Å². The van der Waals surface area contributed by atoms with E-state index in [9.17, 15) is 0 Å². The molecule has 0 bridgehead atoms. The van der Waals surface area contributed by atoms with Crippen molar-refractivity contribution in [2.75, 3.05) is 59.5 Å². The van der Waals surface area contributed by atoms with Crippen molar-refractivity contribution in [2.45, 2.75) is 33.8 Å². The van der Waals surface area contributed by atoms with Gasteiger partial charge in [0.25, 0.3) is 0 Å². The Balaban J connectivity index is 2.18. The van der Waals surface area contributed by atoms with Crippen LogP contribution in [0.2, 0.25) is 0 Å².